The standard InChI is InChI=1S/C21H20Cl2F3NO4S/c1-11-8-20(5-6-27(11)9-12-3-2-4-14(22)17(12)28)18-13(7-16(23)32-18)15(10-30-20)31-19(29)21(24,25)26/h2-4,7,11,15,28H,5-6,8-10H2,1H3. The number of carbonyl (C=O) groups excluding carboxylic acids is 1. The second-order valence-electron chi connectivity index (χ2n) is 8.05. The Kier molecular flexibility index (Phi) is 6.41. The second kappa shape index (κ2) is 8.68. The quantitative estimate of drug-likeness (QED) is 0.528. The van der Waals surface area contributed by atoms with Gasteiger partial charge in [-0.2, -0.15) is 13.2 Å². The van der Waals surface area contributed by atoms with Crippen LogP contribution in [0.1, 0.15) is 41.9 Å². The first-order valence-corrected chi connectivity index (χ1v) is 11.5. The predicted octanol–water partition coefficient (Wildman–Crippen LogP) is 5.82. The number of hydrogen-bond acceptors (Lipinski definition) is 6. The van der Waals surface area contributed by atoms with Crippen LogP contribution in [0.3, 0.4) is 0 Å². The molecule has 11 heteroatoms. The summed E-state index contributed by atoms with van der Waals surface area (Å²) in [6.45, 7) is 2.96. The fourth-order valence-electron chi connectivity index (χ4n) is 4.38. The summed E-state index contributed by atoms with van der Waals surface area (Å²) in [5, 5.41) is 10.5. The van der Waals surface area contributed by atoms with Gasteiger partial charge >= 0.3 is 12.1 Å². The first-order chi connectivity index (χ1) is 15.0. The van der Waals surface area contributed by atoms with Crippen molar-refractivity contribution >= 4 is 40.5 Å². The molecule has 2 aliphatic rings. The van der Waals surface area contributed by atoms with E-state index in [-0.39, 0.29) is 23.4 Å². The lowest BCUT2D eigenvalue weighted by Crippen LogP contribution is -2.50. The van der Waals surface area contributed by atoms with Crippen LogP contribution in [0.4, 0.5) is 13.2 Å². The fourth-order valence-corrected chi connectivity index (χ4v) is 6.05. The van der Waals surface area contributed by atoms with E-state index in [4.69, 9.17) is 27.9 Å². The highest BCUT2D eigenvalue weighted by atomic mass is 35.5. The summed E-state index contributed by atoms with van der Waals surface area (Å²) < 4.78 is 49.2. The molecule has 1 spiro atoms. The lowest BCUT2D eigenvalue weighted by atomic mass is 9.81. The molecule has 2 aromatic rings. The molecule has 1 aromatic carbocycles. The molecule has 0 saturated carbocycles. The number of likely N-dealkylation sites (tertiary alicyclic amines) is 1. The zero-order valence-corrected chi connectivity index (χ0v) is 19.2. The molecule has 3 unspecified atom stereocenters. The molecular formula is C21H20Cl2F3NO4S. The Labute approximate surface area is 196 Å². The monoisotopic (exact) mass is 509 g/mol. The topological polar surface area (TPSA) is 59.0 Å². The number of ether oxygens (including phenoxy) is 2. The molecule has 3 heterocycles. The van der Waals surface area contributed by atoms with Crippen LogP contribution >= 0.6 is 34.5 Å². The molecule has 1 N–H and O–H groups in total. The van der Waals surface area contributed by atoms with Gasteiger partial charge in [0.1, 0.15) is 11.4 Å². The fraction of sp³-hybridized carbons (Fsp3) is 0.476. The van der Waals surface area contributed by atoms with Crippen molar-refractivity contribution in [1.82, 2.24) is 4.90 Å². The van der Waals surface area contributed by atoms with Gasteiger partial charge in [0.2, 0.25) is 0 Å². The van der Waals surface area contributed by atoms with Crippen molar-refractivity contribution in [2.45, 2.75) is 50.2 Å². The normalized spacial score (nSPS) is 26.2. The number of nitrogens with zero attached hydrogens (tertiary/aromatic N) is 1. The van der Waals surface area contributed by atoms with Gasteiger partial charge in [0, 0.05) is 35.1 Å². The number of aromatic hydroxyl groups is 1. The third-order valence-electron chi connectivity index (χ3n) is 5.98. The average Bonchev–Trinajstić information content (AvgIpc) is 3.12. The largest absolute Gasteiger partial charge is 0.506 e. The van der Waals surface area contributed by atoms with Gasteiger partial charge < -0.3 is 14.6 Å². The number of carbonyl (C=O) groups is 1. The number of alkyl halides is 3. The summed E-state index contributed by atoms with van der Waals surface area (Å²) in [5.74, 6) is -2.20. The van der Waals surface area contributed by atoms with Crippen molar-refractivity contribution in [3.63, 3.8) is 0 Å². The highest BCUT2D eigenvalue weighted by Crippen LogP contribution is 2.51. The molecule has 2 aliphatic heterocycles. The van der Waals surface area contributed by atoms with Crippen LogP contribution in [0, 0.1) is 0 Å². The van der Waals surface area contributed by atoms with E-state index in [1.165, 1.54) is 11.3 Å². The van der Waals surface area contributed by atoms with Gasteiger partial charge in [-0.3, -0.25) is 4.90 Å². The summed E-state index contributed by atoms with van der Waals surface area (Å²) in [4.78, 5) is 14.3. The van der Waals surface area contributed by atoms with Crippen LogP contribution < -0.4 is 0 Å². The predicted molar refractivity (Wildman–Crippen MR) is 114 cm³/mol. The van der Waals surface area contributed by atoms with E-state index < -0.39 is 23.9 Å². The van der Waals surface area contributed by atoms with Crippen molar-refractivity contribution in [3.05, 3.63) is 49.6 Å². The number of fused-ring (bicyclic) bond motifs is 2. The highest BCUT2D eigenvalue weighted by molar-refractivity contribution is 7.16. The van der Waals surface area contributed by atoms with Gasteiger partial charge in [-0.05, 0) is 31.9 Å². The number of benzene rings is 1. The van der Waals surface area contributed by atoms with Crippen LogP contribution in [-0.4, -0.2) is 41.3 Å². The number of halogens is 5. The summed E-state index contributed by atoms with van der Waals surface area (Å²) in [6, 6.07) is 6.80. The van der Waals surface area contributed by atoms with Crippen molar-refractivity contribution in [1.29, 1.82) is 0 Å². The molecule has 5 nitrogen and oxygen atoms in total. The smallest absolute Gasteiger partial charge is 0.490 e. The number of phenols is 1. The second-order valence-corrected chi connectivity index (χ2v) is 10.1. The number of phenolic OH excluding ortho intramolecular Hbond substituents is 1. The van der Waals surface area contributed by atoms with Crippen molar-refractivity contribution < 1.29 is 32.5 Å². The number of para-hydroxylation sites is 1. The lowest BCUT2D eigenvalue weighted by molar-refractivity contribution is -0.214. The highest BCUT2D eigenvalue weighted by Gasteiger charge is 2.50. The van der Waals surface area contributed by atoms with E-state index >= 15 is 0 Å². The van der Waals surface area contributed by atoms with E-state index in [0.29, 0.717) is 46.3 Å². The summed E-state index contributed by atoms with van der Waals surface area (Å²) in [6.07, 6.45) is -5.10. The van der Waals surface area contributed by atoms with Gasteiger partial charge in [-0.1, -0.05) is 35.3 Å². The van der Waals surface area contributed by atoms with Crippen molar-refractivity contribution in [2.24, 2.45) is 0 Å². The van der Waals surface area contributed by atoms with Crippen LogP contribution in [0.5, 0.6) is 5.75 Å². The van der Waals surface area contributed by atoms with Gasteiger partial charge in [0.25, 0.3) is 0 Å². The number of thiophene rings is 1. The minimum absolute atomic E-state index is 0.0325. The minimum Gasteiger partial charge on any atom is -0.506 e. The van der Waals surface area contributed by atoms with Gasteiger partial charge in [0.15, 0.2) is 6.10 Å². The molecule has 4 rings (SSSR count). The van der Waals surface area contributed by atoms with Crippen LogP contribution in [0.2, 0.25) is 9.36 Å². The molecule has 0 amide bonds. The molecule has 0 aliphatic carbocycles. The number of esters is 1. The third-order valence-corrected chi connectivity index (χ3v) is 7.75. The maximum absolute atomic E-state index is 12.7. The molecular weight excluding hydrogens is 490 g/mol. The average molecular weight is 510 g/mol. The maximum Gasteiger partial charge on any atom is 0.490 e. The number of piperidine rings is 1. The first kappa shape index (κ1) is 23.6. The van der Waals surface area contributed by atoms with Crippen LogP contribution in [-0.2, 0) is 26.4 Å². The van der Waals surface area contributed by atoms with Crippen molar-refractivity contribution in [3.8, 4) is 5.75 Å². The van der Waals surface area contributed by atoms with Gasteiger partial charge in [-0.15, -0.1) is 11.3 Å². The summed E-state index contributed by atoms with van der Waals surface area (Å²) in [7, 11) is 0. The Morgan fingerprint density at radius 2 is 2.16 bits per heavy atom. The maximum atomic E-state index is 12.7. The Balaban J connectivity index is 1.54. The van der Waals surface area contributed by atoms with Crippen molar-refractivity contribution in [2.75, 3.05) is 13.2 Å². The van der Waals surface area contributed by atoms with E-state index in [1.807, 2.05) is 13.0 Å². The van der Waals surface area contributed by atoms with E-state index in [0.717, 1.165) is 0 Å². The Hall–Kier alpha value is -1.52. The zero-order valence-electron chi connectivity index (χ0n) is 16.9. The summed E-state index contributed by atoms with van der Waals surface area (Å²) >= 11 is 13.5. The number of rotatable bonds is 3. The van der Waals surface area contributed by atoms with E-state index in [2.05, 4.69) is 9.64 Å². The molecule has 0 bridgehead atoms. The Morgan fingerprint density at radius 3 is 2.84 bits per heavy atom. The molecule has 1 fully saturated rings. The van der Waals surface area contributed by atoms with E-state index in [9.17, 15) is 23.1 Å². The lowest BCUT2D eigenvalue weighted by Gasteiger charge is -2.48. The van der Waals surface area contributed by atoms with Crippen LogP contribution in [0.25, 0.3) is 0 Å². The van der Waals surface area contributed by atoms with Crippen LogP contribution in [0.15, 0.2) is 24.3 Å². The molecule has 174 valence electrons. The summed E-state index contributed by atoms with van der Waals surface area (Å²) in [5.41, 5.74) is 0.460. The number of hydrogen-bond donors (Lipinski definition) is 1. The molecule has 3 atom stereocenters. The van der Waals surface area contributed by atoms with E-state index in [1.54, 1.807) is 18.2 Å². The minimum atomic E-state index is -5.08. The third kappa shape index (κ3) is 4.46. The SMILES string of the molecule is CC1CC2(CCN1Cc1cccc(Cl)c1O)OCC(OC(=O)C(F)(F)F)c1cc(Cl)sc12. The Morgan fingerprint density at radius 1 is 1.41 bits per heavy atom. The molecule has 32 heavy (non-hydrogen) atoms. The molecule has 0 radical (unpaired) electrons. The first-order valence-electron chi connectivity index (χ1n) is 9.92. The zero-order chi connectivity index (χ0) is 23.3. The van der Waals surface area contributed by atoms with Gasteiger partial charge in [0.05, 0.1) is 16.0 Å². The van der Waals surface area contributed by atoms with Gasteiger partial charge in [-0.25, -0.2) is 4.79 Å². The molecule has 1 saturated heterocycles. The Bertz CT molecular complexity index is 1030. The molecule has 1 aromatic heterocycles.